The Morgan fingerprint density at radius 3 is 2.86 bits per heavy atom. The molecule has 0 saturated heterocycles. The molecule has 3 aromatic heterocycles. The highest BCUT2D eigenvalue weighted by molar-refractivity contribution is 7.99. The van der Waals surface area contributed by atoms with Crippen molar-refractivity contribution < 1.29 is 20.1 Å². The normalized spacial score (nSPS) is 12.2. The lowest BCUT2D eigenvalue weighted by molar-refractivity contribution is 0.0928. The minimum absolute atomic E-state index is 0.0663. The first-order valence-electron chi connectivity index (χ1n) is 8.43. The first-order valence-corrected chi connectivity index (χ1v) is 10.3. The number of pyridine rings is 1. The Hall–Kier alpha value is -2.18. The maximum absolute atomic E-state index is 9.70. The average Bonchev–Trinajstić information content (AvgIpc) is 3.27. The van der Waals surface area contributed by atoms with Crippen LogP contribution in [0.25, 0.3) is 0 Å². The Morgan fingerprint density at radius 1 is 1.36 bits per heavy atom. The summed E-state index contributed by atoms with van der Waals surface area (Å²) in [5.41, 5.74) is 1.21. The second kappa shape index (κ2) is 9.34. The molecular weight excluding hydrogens is 402 g/mol. The van der Waals surface area contributed by atoms with Crippen LogP contribution in [0.15, 0.2) is 28.6 Å². The van der Waals surface area contributed by atoms with E-state index in [1.807, 2.05) is 19.1 Å². The van der Waals surface area contributed by atoms with Crippen LogP contribution in [0, 0.1) is 6.92 Å². The predicted molar refractivity (Wildman–Crippen MR) is 108 cm³/mol. The van der Waals surface area contributed by atoms with Gasteiger partial charge in [0.2, 0.25) is 5.88 Å². The van der Waals surface area contributed by atoms with E-state index < -0.39 is 12.7 Å². The summed E-state index contributed by atoms with van der Waals surface area (Å²) in [5.74, 6) is 2.03. The van der Waals surface area contributed by atoms with E-state index >= 15 is 0 Å². The number of aliphatic hydroxyl groups is 3. The molecule has 0 aliphatic heterocycles. The van der Waals surface area contributed by atoms with Crippen LogP contribution in [-0.2, 0) is 7.05 Å². The second-order valence-electron chi connectivity index (χ2n) is 5.84. The van der Waals surface area contributed by atoms with E-state index in [1.165, 1.54) is 23.1 Å². The van der Waals surface area contributed by atoms with Gasteiger partial charge in [-0.1, -0.05) is 0 Å². The Bertz CT molecular complexity index is 930. The van der Waals surface area contributed by atoms with E-state index in [-0.39, 0.29) is 6.61 Å². The lowest BCUT2D eigenvalue weighted by Gasteiger charge is -2.12. The van der Waals surface area contributed by atoms with E-state index in [2.05, 4.69) is 20.4 Å². The molecule has 3 heterocycles. The second-order valence-corrected chi connectivity index (χ2v) is 7.87. The molecule has 0 aliphatic carbocycles. The van der Waals surface area contributed by atoms with Crippen LogP contribution in [0.1, 0.15) is 17.5 Å². The van der Waals surface area contributed by atoms with Crippen molar-refractivity contribution in [1.29, 1.82) is 0 Å². The van der Waals surface area contributed by atoms with Crippen molar-refractivity contribution in [2.45, 2.75) is 17.9 Å². The maximum Gasteiger partial charge on any atom is 0.217 e. The molecule has 0 spiro atoms. The zero-order chi connectivity index (χ0) is 20.1. The highest BCUT2D eigenvalue weighted by Crippen LogP contribution is 2.34. The summed E-state index contributed by atoms with van der Waals surface area (Å²) in [6, 6.07) is 3.64. The molecule has 3 aromatic rings. The van der Waals surface area contributed by atoms with Gasteiger partial charge in [-0.05, 0) is 13.0 Å². The fourth-order valence-corrected chi connectivity index (χ4v) is 3.73. The molecule has 150 valence electrons. The molecule has 0 aromatic carbocycles. The average molecular weight is 424 g/mol. The summed E-state index contributed by atoms with van der Waals surface area (Å²) < 4.78 is 7.65. The van der Waals surface area contributed by atoms with E-state index in [0.717, 1.165) is 10.6 Å². The maximum atomic E-state index is 9.70. The van der Waals surface area contributed by atoms with Gasteiger partial charge in [0.05, 0.1) is 24.6 Å². The molecule has 0 aliphatic rings. The Labute approximate surface area is 170 Å². The van der Waals surface area contributed by atoms with E-state index in [9.17, 15) is 5.11 Å². The Kier molecular flexibility index (Phi) is 6.86. The number of hydrogen-bond acceptors (Lipinski definition) is 10. The van der Waals surface area contributed by atoms with Gasteiger partial charge in [-0.3, -0.25) is 0 Å². The highest BCUT2D eigenvalue weighted by atomic mass is 32.2. The summed E-state index contributed by atoms with van der Waals surface area (Å²) in [4.78, 5) is 9.54. The number of rotatable bonds is 9. The lowest BCUT2D eigenvalue weighted by Crippen LogP contribution is -2.03. The molecule has 3 rings (SSSR count). The van der Waals surface area contributed by atoms with Crippen molar-refractivity contribution in [2.75, 3.05) is 24.3 Å². The van der Waals surface area contributed by atoms with Crippen LogP contribution < -0.4 is 10.1 Å². The molecule has 0 fully saturated rings. The Morgan fingerprint density at radius 2 is 2.18 bits per heavy atom. The molecule has 4 N–H and O–H groups in total. The fourth-order valence-electron chi connectivity index (χ4n) is 2.33. The third kappa shape index (κ3) is 5.00. The number of nitrogens with one attached hydrogen (secondary N) is 1. The number of aliphatic hydroxyl groups excluding tert-OH is 3. The zero-order valence-corrected chi connectivity index (χ0v) is 17.0. The van der Waals surface area contributed by atoms with Gasteiger partial charge in [0.25, 0.3) is 0 Å². The van der Waals surface area contributed by atoms with Crippen LogP contribution in [0.3, 0.4) is 0 Å². The standard InChI is InChI=1S/C17H21N5O4S2/c1-10-5-15(22(2)21-10)26-14-6-11(27-4-3-23)7-18-16(14)20-17-19-12(9-28-17)13(25)8-24/h5-7,9,13,23-25H,3-4,8H2,1-2H3,(H,18,19,20). The number of thioether (sulfide) groups is 1. The van der Waals surface area contributed by atoms with Gasteiger partial charge in [-0.2, -0.15) is 5.10 Å². The van der Waals surface area contributed by atoms with Crippen LogP contribution in [0.4, 0.5) is 10.9 Å². The Balaban J connectivity index is 1.88. The van der Waals surface area contributed by atoms with E-state index in [1.54, 1.807) is 23.3 Å². The van der Waals surface area contributed by atoms with Gasteiger partial charge in [0, 0.05) is 35.3 Å². The van der Waals surface area contributed by atoms with Gasteiger partial charge in [-0.15, -0.1) is 23.1 Å². The number of anilines is 2. The molecule has 11 heteroatoms. The van der Waals surface area contributed by atoms with Gasteiger partial charge in [0.1, 0.15) is 6.10 Å². The molecule has 0 radical (unpaired) electrons. The van der Waals surface area contributed by atoms with Gasteiger partial charge in [0.15, 0.2) is 16.7 Å². The summed E-state index contributed by atoms with van der Waals surface area (Å²) in [6.07, 6.45) is 0.659. The number of nitrogens with zero attached hydrogens (tertiary/aromatic N) is 4. The van der Waals surface area contributed by atoms with Crippen molar-refractivity contribution in [3.8, 4) is 11.6 Å². The third-order valence-electron chi connectivity index (χ3n) is 3.62. The van der Waals surface area contributed by atoms with Crippen molar-refractivity contribution in [2.24, 2.45) is 7.05 Å². The van der Waals surface area contributed by atoms with Crippen LogP contribution >= 0.6 is 23.1 Å². The quantitative estimate of drug-likeness (QED) is 0.383. The largest absolute Gasteiger partial charge is 0.435 e. The van der Waals surface area contributed by atoms with Gasteiger partial charge in [-0.25, -0.2) is 14.6 Å². The fraction of sp³-hybridized carbons (Fsp3) is 0.353. The number of aromatic nitrogens is 4. The van der Waals surface area contributed by atoms with E-state index in [0.29, 0.717) is 34.0 Å². The molecule has 0 saturated carbocycles. The smallest absolute Gasteiger partial charge is 0.217 e. The summed E-state index contributed by atoms with van der Waals surface area (Å²) in [5, 5.41) is 37.4. The van der Waals surface area contributed by atoms with Crippen molar-refractivity contribution in [3.05, 3.63) is 35.1 Å². The van der Waals surface area contributed by atoms with Crippen LogP contribution in [0.2, 0.25) is 0 Å². The van der Waals surface area contributed by atoms with Crippen molar-refractivity contribution in [3.63, 3.8) is 0 Å². The number of thiazole rings is 1. The molecule has 0 amide bonds. The highest BCUT2D eigenvalue weighted by Gasteiger charge is 2.15. The molecule has 1 unspecified atom stereocenters. The SMILES string of the molecule is Cc1cc(Oc2cc(SCCO)cnc2Nc2nc(C(O)CO)cs2)n(C)n1. The first-order chi connectivity index (χ1) is 13.5. The monoisotopic (exact) mass is 423 g/mol. The minimum atomic E-state index is -1.02. The summed E-state index contributed by atoms with van der Waals surface area (Å²) >= 11 is 2.75. The topological polar surface area (TPSA) is 126 Å². The predicted octanol–water partition coefficient (Wildman–Crippen LogP) is 2.23. The molecule has 28 heavy (non-hydrogen) atoms. The molecule has 9 nitrogen and oxygen atoms in total. The molecule has 1 atom stereocenters. The van der Waals surface area contributed by atoms with Crippen LogP contribution in [-0.4, -0.2) is 54.0 Å². The number of ether oxygens (including phenoxy) is 1. The number of hydrogen-bond donors (Lipinski definition) is 4. The third-order valence-corrected chi connectivity index (χ3v) is 5.34. The first kappa shape index (κ1) is 20.6. The van der Waals surface area contributed by atoms with Gasteiger partial charge >= 0.3 is 0 Å². The summed E-state index contributed by atoms with van der Waals surface area (Å²) in [7, 11) is 1.79. The van der Waals surface area contributed by atoms with E-state index in [4.69, 9.17) is 14.9 Å². The summed E-state index contributed by atoms with van der Waals surface area (Å²) in [6.45, 7) is 1.55. The van der Waals surface area contributed by atoms with Gasteiger partial charge < -0.3 is 25.4 Å². The van der Waals surface area contributed by atoms with Crippen LogP contribution in [0.5, 0.6) is 11.6 Å². The number of aryl methyl sites for hydroxylation is 2. The van der Waals surface area contributed by atoms with Crippen molar-refractivity contribution >= 4 is 34.0 Å². The van der Waals surface area contributed by atoms with Crippen molar-refractivity contribution in [1.82, 2.24) is 19.7 Å². The molecular formula is C17H21N5O4S2. The minimum Gasteiger partial charge on any atom is -0.435 e. The molecule has 0 bridgehead atoms. The lowest BCUT2D eigenvalue weighted by atomic mass is 10.3. The zero-order valence-electron chi connectivity index (χ0n) is 15.4.